The Morgan fingerprint density at radius 2 is 1.73 bits per heavy atom. The summed E-state index contributed by atoms with van der Waals surface area (Å²) in [4.78, 5) is 0. The predicted octanol–water partition coefficient (Wildman–Crippen LogP) is 5.04. The second-order valence-corrected chi connectivity index (χ2v) is 6.58. The van der Waals surface area contributed by atoms with E-state index in [4.69, 9.17) is 4.42 Å². The van der Waals surface area contributed by atoms with E-state index in [0.717, 1.165) is 11.3 Å². The minimum Gasteiger partial charge on any atom is -0.420 e. The van der Waals surface area contributed by atoms with Gasteiger partial charge in [0.15, 0.2) is 0 Å². The molecule has 0 radical (unpaired) electrons. The summed E-state index contributed by atoms with van der Waals surface area (Å²) in [6.07, 6.45) is 0. The van der Waals surface area contributed by atoms with Crippen molar-refractivity contribution in [2.75, 3.05) is 0 Å². The van der Waals surface area contributed by atoms with Crippen LogP contribution in [0.2, 0.25) is 0 Å². The SMILES string of the molecule is Cc1ccc(-c2nnc(C(C)SCc3ccccc3)o2)cc1. The largest absolute Gasteiger partial charge is 0.420 e. The Balaban J connectivity index is 1.66. The predicted molar refractivity (Wildman–Crippen MR) is 90.6 cm³/mol. The van der Waals surface area contributed by atoms with Crippen molar-refractivity contribution < 1.29 is 4.42 Å². The van der Waals surface area contributed by atoms with Crippen LogP contribution in [0.5, 0.6) is 0 Å². The number of thioether (sulfide) groups is 1. The first-order valence-electron chi connectivity index (χ1n) is 7.28. The van der Waals surface area contributed by atoms with Gasteiger partial charge in [-0.05, 0) is 31.5 Å². The topological polar surface area (TPSA) is 38.9 Å². The zero-order chi connectivity index (χ0) is 15.4. The molecule has 3 rings (SSSR count). The molecule has 1 aromatic heterocycles. The van der Waals surface area contributed by atoms with Crippen LogP contribution in [0.25, 0.3) is 11.5 Å². The molecular formula is C18H18N2OS. The number of benzene rings is 2. The molecule has 3 aromatic rings. The average Bonchev–Trinajstić information content (AvgIpc) is 3.04. The van der Waals surface area contributed by atoms with Crippen LogP contribution in [0.4, 0.5) is 0 Å². The number of aromatic nitrogens is 2. The van der Waals surface area contributed by atoms with Gasteiger partial charge in [-0.2, -0.15) is 0 Å². The lowest BCUT2D eigenvalue weighted by atomic mass is 10.1. The molecule has 0 saturated heterocycles. The fourth-order valence-electron chi connectivity index (χ4n) is 2.08. The van der Waals surface area contributed by atoms with Crippen LogP contribution in [0.15, 0.2) is 59.0 Å². The first-order valence-corrected chi connectivity index (χ1v) is 8.33. The molecule has 0 fully saturated rings. The van der Waals surface area contributed by atoms with E-state index in [0.29, 0.717) is 11.8 Å². The summed E-state index contributed by atoms with van der Waals surface area (Å²) in [5.41, 5.74) is 3.48. The molecule has 22 heavy (non-hydrogen) atoms. The van der Waals surface area contributed by atoms with E-state index in [1.807, 2.05) is 30.3 Å². The molecule has 0 aliphatic heterocycles. The monoisotopic (exact) mass is 310 g/mol. The molecule has 0 amide bonds. The molecule has 0 N–H and O–H groups in total. The Kier molecular flexibility index (Phi) is 4.59. The molecule has 112 valence electrons. The third-order valence-electron chi connectivity index (χ3n) is 3.43. The van der Waals surface area contributed by atoms with E-state index in [9.17, 15) is 0 Å². The minimum absolute atomic E-state index is 0.173. The maximum Gasteiger partial charge on any atom is 0.247 e. The minimum atomic E-state index is 0.173. The highest BCUT2D eigenvalue weighted by molar-refractivity contribution is 7.98. The van der Waals surface area contributed by atoms with Gasteiger partial charge in [-0.15, -0.1) is 22.0 Å². The molecule has 1 atom stereocenters. The number of hydrogen-bond donors (Lipinski definition) is 0. The van der Waals surface area contributed by atoms with Crippen molar-refractivity contribution in [1.29, 1.82) is 0 Å². The van der Waals surface area contributed by atoms with Crippen LogP contribution in [-0.4, -0.2) is 10.2 Å². The molecule has 2 aromatic carbocycles. The number of rotatable bonds is 5. The second kappa shape index (κ2) is 6.79. The molecule has 1 heterocycles. The molecule has 0 aliphatic carbocycles. The third-order valence-corrected chi connectivity index (χ3v) is 4.63. The van der Waals surface area contributed by atoms with E-state index >= 15 is 0 Å². The molecule has 0 saturated carbocycles. The highest BCUT2D eigenvalue weighted by Gasteiger charge is 2.15. The summed E-state index contributed by atoms with van der Waals surface area (Å²) < 4.78 is 5.82. The number of aryl methyl sites for hydroxylation is 1. The summed E-state index contributed by atoms with van der Waals surface area (Å²) in [6.45, 7) is 4.16. The Morgan fingerprint density at radius 3 is 2.45 bits per heavy atom. The van der Waals surface area contributed by atoms with Gasteiger partial charge < -0.3 is 4.42 Å². The smallest absolute Gasteiger partial charge is 0.247 e. The van der Waals surface area contributed by atoms with Crippen LogP contribution in [0, 0.1) is 6.92 Å². The van der Waals surface area contributed by atoms with E-state index < -0.39 is 0 Å². The Labute approximate surface area is 134 Å². The van der Waals surface area contributed by atoms with Gasteiger partial charge in [0.05, 0.1) is 5.25 Å². The second-order valence-electron chi connectivity index (χ2n) is 5.25. The molecule has 0 spiro atoms. The van der Waals surface area contributed by atoms with Gasteiger partial charge >= 0.3 is 0 Å². The zero-order valence-corrected chi connectivity index (χ0v) is 13.5. The summed E-state index contributed by atoms with van der Waals surface area (Å²) >= 11 is 1.80. The van der Waals surface area contributed by atoms with Gasteiger partial charge in [-0.1, -0.05) is 48.0 Å². The lowest BCUT2D eigenvalue weighted by Crippen LogP contribution is -1.90. The first kappa shape index (κ1) is 14.9. The van der Waals surface area contributed by atoms with Gasteiger partial charge in [0, 0.05) is 11.3 Å². The Hall–Kier alpha value is -2.07. The van der Waals surface area contributed by atoms with Crippen LogP contribution < -0.4 is 0 Å². The maximum absolute atomic E-state index is 5.82. The summed E-state index contributed by atoms with van der Waals surface area (Å²) in [6, 6.07) is 18.5. The quantitative estimate of drug-likeness (QED) is 0.662. The van der Waals surface area contributed by atoms with Crippen molar-refractivity contribution in [3.63, 3.8) is 0 Å². The summed E-state index contributed by atoms with van der Waals surface area (Å²) in [5.74, 6) is 2.20. The van der Waals surface area contributed by atoms with Crippen LogP contribution in [0.3, 0.4) is 0 Å². The molecule has 0 aliphatic rings. The van der Waals surface area contributed by atoms with Crippen molar-refractivity contribution in [2.24, 2.45) is 0 Å². The van der Waals surface area contributed by atoms with Crippen molar-refractivity contribution >= 4 is 11.8 Å². The summed E-state index contributed by atoms with van der Waals surface area (Å²) in [5, 5.41) is 8.52. The van der Waals surface area contributed by atoms with Gasteiger partial charge in [-0.25, -0.2) is 0 Å². The highest BCUT2D eigenvalue weighted by atomic mass is 32.2. The lowest BCUT2D eigenvalue weighted by molar-refractivity contribution is 0.509. The third kappa shape index (κ3) is 3.57. The van der Waals surface area contributed by atoms with Crippen molar-refractivity contribution in [3.05, 3.63) is 71.6 Å². The molecule has 1 unspecified atom stereocenters. The molecule has 4 heteroatoms. The van der Waals surface area contributed by atoms with Crippen LogP contribution in [-0.2, 0) is 5.75 Å². The average molecular weight is 310 g/mol. The van der Waals surface area contributed by atoms with Gasteiger partial charge in [0.1, 0.15) is 0 Å². The van der Waals surface area contributed by atoms with Crippen LogP contribution >= 0.6 is 11.8 Å². The fourth-order valence-corrected chi connectivity index (χ4v) is 2.95. The lowest BCUT2D eigenvalue weighted by Gasteiger charge is -2.06. The van der Waals surface area contributed by atoms with E-state index in [1.54, 1.807) is 11.8 Å². The molecule has 3 nitrogen and oxygen atoms in total. The standard InChI is InChI=1S/C18H18N2OS/c1-13-8-10-16(11-9-13)18-20-19-17(21-18)14(2)22-12-15-6-4-3-5-7-15/h3-11,14H,12H2,1-2H3. The molecular weight excluding hydrogens is 292 g/mol. The van der Waals surface area contributed by atoms with Crippen LogP contribution in [0.1, 0.15) is 29.2 Å². The van der Waals surface area contributed by atoms with E-state index in [-0.39, 0.29) is 5.25 Å². The van der Waals surface area contributed by atoms with E-state index in [2.05, 4.69) is 48.3 Å². The van der Waals surface area contributed by atoms with E-state index in [1.165, 1.54) is 11.1 Å². The zero-order valence-electron chi connectivity index (χ0n) is 12.7. The number of nitrogens with zero attached hydrogens (tertiary/aromatic N) is 2. The van der Waals surface area contributed by atoms with Gasteiger partial charge in [0.2, 0.25) is 11.8 Å². The van der Waals surface area contributed by atoms with Crippen molar-refractivity contribution in [1.82, 2.24) is 10.2 Å². The Morgan fingerprint density at radius 1 is 1.00 bits per heavy atom. The van der Waals surface area contributed by atoms with Gasteiger partial charge in [0.25, 0.3) is 0 Å². The van der Waals surface area contributed by atoms with Crippen molar-refractivity contribution in [2.45, 2.75) is 24.9 Å². The normalized spacial score (nSPS) is 12.3. The number of hydrogen-bond acceptors (Lipinski definition) is 4. The highest BCUT2D eigenvalue weighted by Crippen LogP contribution is 2.31. The van der Waals surface area contributed by atoms with Gasteiger partial charge in [-0.3, -0.25) is 0 Å². The summed E-state index contributed by atoms with van der Waals surface area (Å²) in [7, 11) is 0. The fraction of sp³-hybridized carbons (Fsp3) is 0.222. The maximum atomic E-state index is 5.82. The van der Waals surface area contributed by atoms with Crippen molar-refractivity contribution in [3.8, 4) is 11.5 Å². The first-order chi connectivity index (χ1) is 10.7. The Bertz CT molecular complexity index is 722. The molecule has 0 bridgehead atoms.